The van der Waals surface area contributed by atoms with Crippen molar-refractivity contribution in [3.05, 3.63) is 16.9 Å². The maximum atomic E-state index is 4.36. The van der Waals surface area contributed by atoms with Crippen molar-refractivity contribution in [1.82, 2.24) is 9.97 Å². The van der Waals surface area contributed by atoms with E-state index >= 15 is 0 Å². The number of halogens is 1. The Morgan fingerprint density at radius 1 is 1.57 bits per heavy atom. The van der Waals surface area contributed by atoms with Gasteiger partial charge in [0.15, 0.2) is 0 Å². The molecule has 0 saturated carbocycles. The lowest BCUT2D eigenvalue weighted by Crippen LogP contribution is -2.35. The topological polar surface area (TPSA) is 29.0 Å². The third-order valence-electron chi connectivity index (χ3n) is 2.55. The van der Waals surface area contributed by atoms with Gasteiger partial charge in [-0.2, -0.15) is 0 Å². The molecule has 1 aliphatic rings. The molecule has 1 saturated heterocycles. The van der Waals surface area contributed by atoms with Gasteiger partial charge in [-0.25, -0.2) is 9.97 Å². The van der Waals surface area contributed by atoms with Crippen molar-refractivity contribution in [1.29, 1.82) is 0 Å². The van der Waals surface area contributed by atoms with E-state index in [0.717, 1.165) is 29.6 Å². The highest BCUT2D eigenvalue weighted by Crippen LogP contribution is 2.20. The number of nitrogens with zero attached hydrogens (tertiary/aromatic N) is 3. The molecule has 2 rings (SSSR count). The second-order valence-corrected chi connectivity index (χ2v) is 4.69. The van der Waals surface area contributed by atoms with Crippen LogP contribution in [0.4, 0.5) is 5.95 Å². The Hall–Kier alpha value is -0.640. The highest BCUT2D eigenvalue weighted by Gasteiger charge is 2.18. The third-order valence-corrected chi connectivity index (χ3v) is 2.99. The summed E-state index contributed by atoms with van der Waals surface area (Å²) in [4.78, 5) is 10.9. The molecule has 1 aromatic heterocycles. The Kier molecular flexibility index (Phi) is 3.01. The van der Waals surface area contributed by atoms with E-state index < -0.39 is 0 Å². The van der Waals surface area contributed by atoms with Crippen LogP contribution in [0.15, 0.2) is 16.9 Å². The minimum absolute atomic E-state index is 0.756. The summed E-state index contributed by atoms with van der Waals surface area (Å²) in [5.74, 6) is 1.61. The Labute approximate surface area is 92.7 Å². The van der Waals surface area contributed by atoms with Gasteiger partial charge >= 0.3 is 0 Å². The number of hydrogen-bond donors (Lipinski definition) is 0. The molecular formula is C10H14BrN3. The van der Waals surface area contributed by atoms with E-state index in [0.29, 0.717) is 0 Å². The zero-order valence-electron chi connectivity index (χ0n) is 8.28. The van der Waals surface area contributed by atoms with Crippen molar-refractivity contribution in [2.24, 2.45) is 5.92 Å². The molecule has 0 N–H and O–H groups in total. The molecule has 4 heteroatoms. The monoisotopic (exact) mass is 255 g/mol. The number of aromatic nitrogens is 2. The maximum absolute atomic E-state index is 4.36. The van der Waals surface area contributed by atoms with E-state index in [-0.39, 0.29) is 0 Å². The second kappa shape index (κ2) is 4.26. The van der Waals surface area contributed by atoms with Crippen molar-refractivity contribution in [2.75, 3.05) is 18.0 Å². The van der Waals surface area contributed by atoms with Gasteiger partial charge in [0.1, 0.15) is 4.60 Å². The first-order chi connectivity index (χ1) is 6.75. The number of hydrogen-bond acceptors (Lipinski definition) is 3. The highest BCUT2D eigenvalue weighted by molar-refractivity contribution is 9.10. The van der Waals surface area contributed by atoms with Gasteiger partial charge in [0.25, 0.3) is 0 Å². The van der Waals surface area contributed by atoms with Crippen molar-refractivity contribution in [2.45, 2.75) is 19.8 Å². The molecule has 1 aliphatic heterocycles. The zero-order chi connectivity index (χ0) is 9.97. The maximum Gasteiger partial charge on any atom is 0.226 e. The molecular weight excluding hydrogens is 242 g/mol. The standard InChI is InChI=1S/C10H14BrN3/c1-8-3-2-6-14(7-8)10-12-5-4-9(11)13-10/h4-5,8H,2-3,6-7H2,1H3. The third kappa shape index (κ3) is 2.23. The molecule has 14 heavy (non-hydrogen) atoms. The summed E-state index contributed by atoms with van der Waals surface area (Å²) in [6, 6.07) is 1.86. The van der Waals surface area contributed by atoms with E-state index in [1.165, 1.54) is 12.8 Å². The molecule has 0 amide bonds. The molecule has 0 radical (unpaired) electrons. The van der Waals surface area contributed by atoms with Gasteiger partial charge in [-0.1, -0.05) is 6.92 Å². The van der Waals surface area contributed by atoms with E-state index in [1.54, 1.807) is 6.20 Å². The molecule has 3 nitrogen and oxygen atoms in total. The Morgan fingerprint density at radius 2 is 2.43 bits per heavy atom. The van der Waals surface area contributed by atoms with E-state index in [2.05, 4.69) is 37.7 Å². The van der Waals surface area contributed by atoms with Crippen LogP contribution >= 0.6 is 15.9 Å². The quantitative estimate of drug-likeness (QED) is 0.723. The van der Waals surface area contributed by atoms with Crippen LogP contribution in [0.1, 0.15) is 19.8 Å². The first-order valence-corrected chi connectivity index (χ1v) is 5.78. The molecule has 0 spiro atoms. The molecule has 0 aromatic carbocycles. The van der Waals surface area contributed by atoms with E-state index in [4.69, 9.17) is 0 Å². The van der Waals surface area contributed by atoms with Crippen molar-refractivity contribution in [3.63, 3.8) is 0 Å². The fraction of sp³-hybridized carbons (Fsp3) is 0.600. The minimum atomic E-state index is 0.756. The molecule has 1 fully saturated rings. The zero-order valence-corrected chi connectivity index (χ0v) is 9.87. The number of anilines is 1. The lowest BCUT2D eigenvalue weighted by molar-refractivity contribution is 0.442. The summed E-state index contributed by atoms with van der Waals surface area (Å²) in [5, 5.41) is 0. The largest absolute Gasteiger partial charge is 0.341 e. The van der Waals surface area contributed by atoms with E-state index in [1.807, 2.05) is 6.07 Å². The molecule has 0 aliphatic carbocycles. The molecule has 1 atom stereocenters. The first kappa shape index (κ1) is 9.90. The minimum Gasteiger partial charge on any atom is -0.341 e. The first-order valence-electron chi connectivity index (χ1n) is 4.99. The summed E-state index contributed by atoms with van der Waals surface area (Å²) < 4.78 is 0.862. The SMILES string of the molecule is CC1CCCN(c2nccc(Br)n2)C1. The molecule has 1 aromatic rings. The summed E-state index contributed by atoms with van der Waals surface area (Å²) in [6.07, 6.45) is 4.37. The van der Waals surface area contributed by atoms with Crippen LogP contribution in [0.3, 0.4) is 0 Å². The molecule has 2 heterocycles. The highest BCUT2D eigenvalue weighted by atomic mass is 79.9. The molecule has 76 valence electrons. The predicted octanol–water partition coefficient (Wildman–Crippen LogP) is 2.48. The summed E-state index contributed by atoms with van der Waals surface area (Å²) in [5.41, 5.74) is 0. The van der Waals surface area contributed by atoms with Crippen LogP contribution in [0.25, 0.3) is 0 Å². The normalized spacial score (nSPS) is 22.4. The number of rotatable bonds is 1. The summed E-state index contributed by atoms with van der Waals surface area (Å²) in [7, 11) is 0. The van der Waals surface area contributed by atoms with Crippen LogP contribution in [0.5, 0.6) is 0 Å². The fourth-order valence-corrected chi connectivity index (χ4v) is 2.13. The predicted molar refractivity (Wildman–Crippen MR) is 60.3 cm³/mol. The van der Waals surface area contributed by atoms with Crippen LogP contribution in [0, 0.1) is 5.92 Å². The van der Waals surface area contributed by atoms with Crippen LogP contribution in [-0.4, -0.2) is 23.1 Å². The van der Waals surface area contributed by atoms with Gasteiger partial charge in [0.2, 0.25) is 5.95 Å². The fourth-order valence-electron chi connectivity index (χ4n) is 1.85. The van der Waals surface area contributed by atoms with Gasteiger partial charge in [-0.3, -0.25) is 0 Å². The Balaban J connectivity index is 2.14. The van der Waals surface area contributed by atoms with Gasteiger partial charge in [0, 0.05) is 19.3 Å². The average Bonchev–Trinajstić information content (AvgIpc) is 2.18. The lowest BCUT2D eigenvalue weighted by atomic mass is 10.0. The average molecular weight is 256 g/mol. The van der Waals surface area contributed by atoms with Gasteiger partial charge < -0.3 is 4.90 Å². The Morgan fingerprint density at radius 3 is 3.14 bits per heavy atom. The summed E-state index contributed by atoms with van der Waals surface area (Å²) in [6.45, 7) is 4.45. The lowest BCUT2D eigenvalue weighted by Gasteiger charge is -2.30. The van der Waals surface area contributed by atoms with E-state index in [9.17, 15) is 0 Å². The Bertz CT molecular complexity index is 316. The van der Waals surface area contributed by atoms with Gasteiger partial charge in [-0.15, -0.1) is 0 Å². The second-order valence-electron chi connectivity index (χ2n) is 3.87. The van der Waals surface area contributed by atoms with Crippen molar-refractivity contribution >= 4 is 21.9 Å². The van der Waals surface area contributed by atoms with Crippen molar-refractivity contribution < 1.29 is 0 Å². The number of piperidine rings is 1. The van der Waals surface area contributed by atoms with Gasteiger partial charge in [-0.05, 0) is 40.8 Å². The smallest absolute Gasteiger partial charge is 0.226 e. The van der Waals surface area contributed by atoms with Crippen LogP contribution in [0.2, 0.25) is 0 Å². The molecule has 0 bridgehead atoms. The van der Waals surface area contributed by atoms with Crippen LogP contribution < -0.4 is 4.90 Å². The van der Waals surface area contributed by atoms with Gasteiger partial charge in [0.05, 0.1) is 0 Å². The van der Waals surface area contributed by atoms with Crippen LogP contribution in [-0.2, 0) is 0 Å². The summed E-state index contributed by atoms with van der Waals surface area (Å²) >= 11 is 3.37. The van der Waals surface area contributed by atoms with Crippen molar-refractivity contribution in [3.8, 4) is 0 Å². The molecule has 1 unspecified atom stereocenters.